The predicted octanol–water partition coefficient (Wildman–Crippen LogP) is 2.67. The summed E-state index contributed by atoms with van der Waals surface area (Å²) in [7, 11) is 0. The summed E-state index contributed by atoms with van der Waals surface area (Å²) in [5.41, 5.74) is 0.960. The average molecular weight is 399 g/mol. The second-order valence-electron chi connectivity index (χ2n) is 7.78. The van der Waals surface area contributed by atoms with E-state index in [0.29, 0.717) is 24.6 Å². The minimum Gasteiger partial charge on any atom is -0.434 e. The zero-order valence-corrected chi connectivity index (χ0v) is 17.0. The topological polar surface area (TPSA) is 88.5 Å². The monoisotopic (exact) mass is 399 g/mol. The zero-order valence-electron chi connectivity index (χ0n) is 17.0. The molecule has 0 aromatic rings. The van der Waals surface area contributed by atoms with Crippen molar-refractivity contribution in [3.8, 4) is 0 Å². The molecule has 29 heavy (non-hydrogen) atoms. The van der Waals surface area contributed by atoms with Gasteiger partial charge in [0.05, 0.1) is 18.7 Å². The SMILES string of the molecule is CCOC(=O)OC1=C(N2CCCCC2)C2(CC1=O)C(=O)N=C1C(C)=CC(C)=CN12. The van der Waals surface area contributed by atoms with E-state index in [1.54, 1.807) is 11.8 Å². The van der Waals surface area contributed by atoms with Gasteiger partial charge in [0, 0.05) is 19.3 Å². The number of amides is 1. The molecular weight excluding hydrogens is 374 g/mol. The summed E-state index contributed by atoms with van der Waals surface area (Å²) in [6.07, 6.45) is 5.72. The van der Waals surface area contributed by atoms with Crippen molar-refractivity contribution in [1.29, 1.82) is 0 Å². The number of piperidine rings is 1. The number of carbonyl (C=O) groups excluding carboxylic acids is 3. The fourth-order valence-corrected chi connectivity index (χ4v) is 4.57. The third-order valence-corrected chi connectivity index (χ3v) is 5.73. The summed E-state index contributed by atoms with van der Waals surface area (Å²) in [6.45, 7) is 7.01. The fourth-order valence-electron chi connectivity index (χ4n) is 4.57. The average Bonchev–Trinajstić information content (AvgIpc) is 3.12. The van der Waals surface area contributed by atoms with Crippen molar-refractivity contribution >= 4 is 23.7 Å². The number of amidine groups is 1. The predicted molar refractivity (Wildman–Crippen MR) is 105 cm³/mol. The summed E-state index contributed by atoms with van der Waals surface area (Å²) in [5.74, 6) is -0.335. The molecule has 0 bridgehead atoms. The molecule has 0 radical (unpaired) electrons. The lowest BCUT2D eigenvalue weighted by Crippen LogP contribution is -2.54. The van der Waals surface area contributed by atoms with Crippen molar-refractivity contribution < 1.29 is 23.9 Å². The highest BCUT2D eigenvalue weighted by molar-refractivity contribution is 6.20. The molecule has 1 aliphatic carbocycles. The third kappa shape index (κ3) is 2.97. The van der Waals surface area contributed by atoms with Crippen molar-refractivity contribution in [3.05, 3.63) is 34.9 Å². The number of allylic oxidation sites excluding steroid dienone is 3. The van der Waals surface area contributed by atoms with Crippen molar-refractivity contribution in [2.24, 2.45) is 4.99 Å². The minimum absolute atomic E-state index is 0.0894. The maximum atomic E-state index is 13.3. The molecule has 0 aromatic heterocycles. The Morgan fingerprint density at radius 1 is 1.21 bits per heavy atom. The van der Waals surface area contributed by atoms with Gasteiger partial charge in [-0.15, -0.1) is 0 Å². The molecule has 8 heteroatoms. The maximum absolute atomic E-state index is 13.3. The van der Waals surface area contributed by atoms with Crippen LogP contribution in [0.4, 0.5) is 4.79 Å². The molecule has 0 saturated carbocycles. The molecule has 1 fully saturated rings. The normalized spacial score (nSPS) is 26.5. The van der Waals surface area contributed by atoms with Gasteiger partial charge in [0.2, 0.25) is 5.78 Å². The van der Waals surface area contributed by atoms with Gasteiger partial charge in [-0.25, -0.2) is 4.79 Å². The third-order valence-electron chi connectivity index (χ3n) is 5.73. The van der Waals surface area contributed by atoms with Crippen LogP contribution in [-0.4, -0.2) is 58.7 Å². The molecular formula is C21H25N3O5. The van der Waals surface area contributed by atoms with Crippen molar-refractivity contribution in [2.45, 2.75) is 52.0 Å². The Morgan fingerprint density at radius 2 is 1.93 bits per heavy atom. The number of ketones is 1. The lowest BCUT2D eigenvalue weighted by atomic mass is 9.90. The molecule has 1 atom stereocenters. The number of hydrogen-bond donors (Lipinski definition) is 0. The van der Waals surface area contributed by atoms with E-state index in [-0.39, 0.29) is 24.6 Å². The molecule has 3 heterocycles. The Hall–Kier alpha value is -2.90. The Kier molecular flexibility index (Phi) is 4.80. The Labute approximate surface area is 169 Å². The smallest absolute Gasteiger partial charge is 0.434 e. The van der Waals surface area contributed by atoms with Gasteiger partial charge < -0.3 is 19.3 Å². The van der Waals surface area contributed by atoms with Crippen molar-refractivity contribution in [3.63, 3.8) is 0 Å². The lowest BCUT2D eigenvalue weighted by Gasteiger charge is -2.42. The van der Waals surface area contributed by atoms with E-state index in [4.69, 9.17) is 9.47 Å². The number of Topliss-reactive ketones (excluding diaryl/α,β-unsaturated/α-hetero) is 1. The molecule has 1 spiro atoms. The van der Waals surface area contributed by atoms with Crippen LogP contribution >= 0.6 is 0 Å². The largest absolute Gasteiger partial charge is 0.514 e. The summed E-state index contributed by atoms with van der Waals surface area (Å²) < 4.78 is 10.3. The van der Waals surface area contributed by atoms with E-state index in [9.17, 15) is 14.4 Å². The standard InChI is InChI=1S/C21H25N3O5/c1-4-28-20(27)29-16-15(25)11-21(17(16)23-8-6-5-7-9-23)19(26)22-18-14(3)10-13(2)12-24(18)21/h10,12H,4-9,11H2,1-3H3. The summed E-state index contributed by atoms with van der Waals surface area (Å²) in [6, 6.07) is 0. The Morgan fingerprint density at radius 3 is 2.62 bits per heavy atom. The van der Waals surface area contributed by atoms with Crippen LogP contribution < -0.4 is 0 Å². The van der Waals surface area contributed by atoms with Crippen molar-refractivity contribution in [1.82, 2.24) is 9.80 Å². The maximum Gasteiger partial charge on any atom is 0.514 e. The van der Waals surface area contributed by atoms with Gasteiger partial charge in [0.25, 0.3) is 5.91 Å². The highest BCUT2D eigenvalue weighted by Gasteiger charge is 2.62. The lowest BCUT2D eigenvalue weighted by molar-refractivity contribution is -0.127. The van der Waals surface area contributed by atoms with Crippen LogP contribution in [0.15, 0.2) is 39.9 Å². The van der Waals surface area contributed by atoms with Crippen LogP contribution in [-0.2, 0) is 19.1 Å². The van der Waals surface area contributed by atoms with E-state index >= 15 is 0 Å². The van der Waals surface area contributed by atoms with E-state index in [1.165, 1.54) is 0 Å². The number of carbonyl (C=O) groups is 3. The number of aliphatic imine (C=N–C) groups is 1. The van der Waals surface area contributed by atoms with Crippen LogP contribution in [0.5, 0.6) is 0 Å². The number of likely N-dealkylation sites (tertiary alicyclic amines) is 1. The molecule has 8 nitrogen and oxygen atoms in total. The molecule has 154 valence electrons. The number of ether oxygens (including phenoxy) is 2. The van der Waals surface area contributed by atoms with Crippen LogP contribution in [0.25, 0.3) is 0 Å². The number of hydrogen-bond acceptors (Lipinski definition) is 7. The molecule has 4 aliphatic rings. The van der Waals surface area contributed by atoms with Gasteiger partial charge in [-0.05, 0) is 51.2 Å². The number of fused-ring (bicyclic) bond motifs is 2. The quantitative estimate of drug-likeness (QED) is 0.674. The van der Waals surface area contributed by atoms with Gasteiger partial charge in [0.1, 0.15) is 5.84 Å². The van der Waals surface area contributed by atoms with Crippen LogP contribution in [0, 0.1) is 0 Å². The van der Waals surface area contributed by atoms with Gasteiger partial charge in [0.15, 0.2) is 11.3 Å². The highest BCUT2D eigenvalue weighted by atomic mass is 16.7. The highest BCUT2D eigenvalue weighted by Crippen LogP contribution is 2.47. The molecule has 1 saturated heterocycles. The first-order chi connectivity index (χ1) is 13.9. The van der Waals surface area contributed by atoms with Crippen LogP contribution in [0.3, 0.4) is 0 Å². The van der Waals surface area contributed by atoms with Crippen LogP contribution in [0.1, 0.15) is 46.5 Å². The van der Waals surface area contributed by atoms with Gasteiger partial charge in [-0.3, -0.25) is 9.59 Å². The second kappa shape index (κ2) is 7.17. The first kappa shape index (κ1) is 19.4. The van der Waals surface area contributed by atoms with E-state index in [1.807, 2.05) is 31.0 Å². The zero-order chi connectivity index (χ0) is 20.8. The van der Waals surface area contributed by atoms with Crippen molar-refractivity contribution in [2.75, 3.05) is 19.7 Å². The Balaban J connectivity index is 1.85. The second-order valence-corrected chi connectivity index (χ2v) is 7.78. The van der Waals surface area contributed by atoms with E-state index in [0.717, 1.165) is 30.4 Å². The van der Waals surface area contributed by atoms with E-state index < -0.39 is 17.6 Å². The van der Waals surface area contributed by atoms with Crippen LogP contribution in [0.2, 0.25) is 0 Å². The number of rotatable bonds is 3. The molecule has 1 unspecified atom stereocenters. The molecule has 0 N–H and O–H groups in total. The molecule has 4 rings (SSSR count). The van der Waals surface area contributed by atoms with Gasteiger partial charge >= 0.3 is 6.16 Å². The summed E-state index contributed by atoms with van der Waals surface area (Å²) in [5, 5.41) is 0. The number of nitrogens with zero attached hydrogens (tertiary/aromatic N) is 3. The summed E-state index contributed by atoms with van der Waals surface area (Å²) in [4.78, 5) is 46.5. The molecule has 1 amide bonds. The molecule has 0 aromatic carbocycles. The van der Waals surface area contributed by atoms with E-state index in [2.05, 4.69) is 4.99 Å². The minimum atomic E-state index is -1.30. The first-order valence-corrected chi connectivity index (χ1v) is 10.1. The first-order valence-electron chi connectivity index (χ1n) is 10.1. The van der Waals surface area contributed by atoms with Gasteiger partial charge in [-0.2, -0.15) is 4.99 Å². The van der Waals surface area contributed by atoms with Gasteiger partial charge in [-0.1, -0.05) is 6.08 Å². The fraction of sp³-hybridized carbons (Fsp3) is 0.524. The Bertz CT molecular complexity index is 907. The molecule has 3 aliphatic heterocycles. The summed E-state index contributed by atoms with van der Waals surface area (Å²) >= 11 is 0.